The van der Waals surface area contributed by atoms with Crippen molar-refractivity contribution in [3.8, 4) is 11.1 Å². The van der Waals surface area contributed by atoms with Crippen LogP contribution in [0, 0.1) is 13.8 Å². The van der Waals surface area contributed by atoms with E-state index in [4.69, 9.17) is 4.42 Å². The minimum absolute atomic E-state index is 0.233. The summed E-state index contributed by atoms with van der Waals surface area (Å²) >= 11 is 0. The van der Waals surface area contributed by atoms with Crippen molar-refractivity contribution < 1.29 is 9.21 Å². The third-order valence-corrected chi connectivity index (χ3v) is 4.02. The van der Waals surface area contributed by atoms with Crippen molar-refractivity contribution in [1.29, 1.82) is 0 Å². The number of aryl methyl sites for hydroxylation is 2. The highest BCUT2D eigenvalue weighted by atomic mass is 16.3. The average Bonchev–Trinajstić information content (AvgIpc) is 3.25. The Bertz CT molecular complexity index is 1050. The second-order valence-electron chi connectivity index (χ2n) is 5.88. The van der Waals surface area contributed by atoms with Gasteiger partial charge in [-0.05, 0) is 43.7 Å². The first-order valence-electron chi connectivity index (χ1n) is 7.88. The first kappa shape index (κ1) is 15.1. The van der Waals surface area contributed by atoms with Gasteiger partial charge >= 0.3 is 0 Å². The lowest BCUT2D eigenvalue weighted by atomic mass is 10.1. The van der Waals surface area contributed by atoms with Crippen molar-refractivity contribution in [2.75, 3.05) is 5.32 Å². The molecule has 0 aliphatic carbocycles. The van der Waals surface area contributed by atoms with Gasteiger partial charge in [-0.15, -0.1) is 0 Å². The number of nitrogens with one attached hydrogen (secondary N) is 1. The number of furan rings is 1. The Labute approximate surface area is 144 Å². The van der Waals surface area contributed by atoms with Gasteiger partial charge in [0.05, 0.1) is 18.7 Å². The van der Waals surface area contributed by atoms with Gasteiger partial charge in [0.1, 0.15) is 5.56 Å². The molecule has 0 fully saturated rings. The van der Waals surface area contributed by atoms with E-state index in [0.29, 0.717) is 16.9 Å². The Morgan fingerprint density at radius 2 is 1.92 bits per heavy atom. The molecule has 124 valence electrons. The maximum absolute atomic E-state index is 12.6. The van der Waals surface area contributed by atoms with Crippen LogP contribution in [-0.2, 0) is 0 Å². The number of hydrogen-bond donors (Lipinski definition) is 1. The van der Waals surface area contributed by atoms with E-state index in [9.17, 15) is 4.79 Å². The second kappa shape index (κ2) is 5.90. The third kappa shape index (κ3) is 2.78. The molecule has 0 radical (unpaired) electrons. The van der Waals surface area contributed by atoms with E-state index < -0.39 is 0 Å². The van der Waals surface area contributed by atoms with Crippen molar-refractivity contribution in [2.24, 2.45) is 0 Å². The van der Waals surface area contributed by atoms with Crippen LogP contribution in [0.5, 0.6) is 0 Å². The Kier molecular flexibility index (Phi) is 3.57. The molecule has 0 bridgehead atoms. The Morgan fingerprint density at radius 3 is 2.64 bits per heavy atom. The Hall–Kier alpha value is -3.41. The SMILES string of the molecule is Cc1cc(C)n2ncc(C(=O)Nc3ccc(-c4ccoc4)cc3)c2n1. The molecule has 0 atom stereocenters. The first-order chi connectivity index (χ1) is 12.1. The molecule has 1 aromatic carbocycles. The van der Waals surface area contributed by atoms with Crippen LogP contribution in [0.2, 0.25) is 0 Å². The number of amides is 1. The number of hydrogen-bond acceptors (Lipinski definition) is 4. The molecule has 0 aliphatic rings. The summed E-state index contributed by atoms with van der Waals surface area (Å²) in [4.78, 5) is 17.0. The number of carbonyl (C=O) groups is 1. The van der Waals surface area contributed by atoms with Crippen molar-refractivity contribution in [3.05, 3.63) is 72.1 Å². The van der Waals surface area contributed by atoms with E-state index in [2.05, 4.69) is 15.4 Å². The lowest BCUT2D eigenvalue weighted by Crippen LogP contribution is -2.12. The smallest absolute Gasteiger partial charge is 0.261 e. The average molecular weight is 332 g/mol. The van der Waals surface area contributed by atoms with E-state index in [1.54, 1.807) is 23.2 Å². The molecule has 6 heteroatoms. The Morgan fingerprint density at radius 1 is 1.12 bits per heavy atom. The van der Waals surface area contributed by atoms with Gasteiger partial charge in [0.2, 0.25) is 0 Å². The van der Waals surface area contributed by atoms with Crippen LogP contribution in [-0.4, -0.2) is 20.5 Å². The van der Waals surface area contributed by atoms with Gasteiger partial charge in [-0.2, -0.15) is 5.10 Å². The molecule has 4 aromatic rings. The summed E-state index contributed by atoms with van der Waals surface area (Å²) < 4.78 is 6.76. The summed E-state index contributed by atoms with van der Waals surface area (Å²) in [5.74, 6) is -0.233. The van der Waals surface area contributed by atoms with Crippen molar-refractivity contribution in [3.63, 3.8) is 0 Å². The molecular weight excluding hydrogens is 316 g/mol. The normalized spacial score (nSPS) is 11.0. The molecule has 0 unspecified atom stereocenters. The predicted octanol–water partition coefficient (Wildman–Crippen LogP) is 3.86. The summed E-state index contributed by atoms with van der Waals surface area (Å²) in [5, 5.41) is 7.14. The highest BCUT2D eigenvalue weighted by Gasteiger charge is 2.15. The number of fused-ring (bicyclic) bond motifs is 1. The molecular formula is C19H16N4O2. The molecule has 1 amide bonds. The minimum Gasteiger partial charge on any atom is -0.472 e. The van der Waals surface area contributed by atoms with Crippen LogP contribution in [0.1, 0.15) is 21.7 Å². The van der Waals surface area contributed by atoms with Gasteiger partial charge < -0.3 is 9.73 Å². The molecule has 1 N–H and O–H groups in total. The van der Waals surface area contributed by atoms with Crippen LogP contribution < -0.4 is 5.32 Å². The van der Waals surface area contributed by atoms with Crippen molar-refractivity contribution >= 4 is 17.2 Å². The zero-order valence-corrected chi connectivity index (χ0v) is 13.9. The summed E-state index contributed by atoms with van der Waals surface area (Å²) in [5.41, 5.74) is 5.53. The van der Waals surface area contributed by atoms with Gasteiger partial charge in [0, 0.05) is 22.6 Å². The van der Waals surface area contributed by atoms with E-state index >= 15 is 0 Å². The fraction of sp³-hybridized carbons (Fsp3) is 0.105. The van der Waals surface area contributed by atoms with Crippen LogP contribution in [0.25, 0.3) is 16.8 Å². The summed E-state index contributed by atoms with van der Waals surface area (Å²) in [7, 11) is 0. The maximum atomic E-state index is 12.6. The van der Waals surface area contributed by atoms with Crippen LogP contribution in [0.3, 0.4) is 0 Å². The molecule has 3 heterocycles. The van der Waals surface area contributed by atoms with E-state index in [0.717, 1.165) is 22.5 Å². The predicted molar refractivity (Wildman–Crippen MR) is 94.6 cm³/mol. The summed E-state index contributed by atoms with van der Waals surface area (Å²) in [6.45, 7) is 3.83. The fourth-order valence-corrected chi connectivity index (χ4v) is 2.80. The number of carbonyl (C=O) groups excluding carboxylic acids is 1. The van der Waals surface area contributed by atoms with Gasteiger partial charge in [0.25, 0.3) is 5.91 Å². The van der Waals surface area contributed by atoms with E-state index in [1.165, 1.54) is 0 Å². The van der Waals surface area contributed by atoms with Crippen LogP contribution in [0.4, 0.5) is 5.69 Å². The largest absolute Gasteiger partial charge is 0.472 e. The number of aromatic nitrogens is 3. The fourth-order valence-electron chi connectivity index (χ4n) is 2.80. The van der Waals surface area contributed by atoms with E-state index in [-0.39, 0.29) is 5.91 Å². The van der Waals surface area contributed by atoms with Gasteiger partial charge in [-0.25, -0.2) is 9.50 Å². The number of benzene rings is 1. The van der Waals surface area contributed by atoms with E-state index in [1.807, 2.05) is 50.2 Å². The topological polar surface area (TPSA) is 72.4 Å². The highest BCUT2D eigenvalue weighted by Crippen LogP contribution is 2.22. The summed E-state index contributed by atoms with van der Waals surface area (Å²) in [6.07, 6.45) is 4.86. The van der Waals surface area contributed by atoms with Crippen molar-refractivity contribution in [1.82, 2.24) is 14.6 Å². The number of rotatable bonds is 3. The molecule has 0 saturated heterocycles. The molecule has 4 rings (SSSR count). The second-order valence-corrected chi connectivity index (χ2v) is 5.88. The first-order valence-corrected chi connectivity index (χ1v) is 7.88. The maximum Gasteiger partial charge on any atom is 0.261 e. The van der Waals surface area contributed by atoms with Crippen LogP contribution in [0.15, 0.2) is 59.5 Å². The number of nitrogens with zero attached hydrogens (tertiary/aromatic N) is 3. The summed E-state index contributed by atoms with van der Waals surface area (Å²) in [6, 6.07) is 11.4. The lowest BCUT2D eigenvalue weighted by molar-refractivity contribution is 0.102. The van der Waals surface area contributed by atoms with Crippen LogP contribution >= 0.6 is 0 Å². The minimum atomic E-state index is -0.233. The zero-order chi connectivity index (χ0) is 17.4. The lowest BCUT2D eigenvalue weighted by Gasteiger charge is -2.06. The van der Waals surface area contributed by atoms with Gasteiger partial charge in [-0.3, -0.25) is 4.79 Å². The quantitative estimate of drug-likeness (QED) is 0.618. The molecule has 6 nitrogen and oxygen atoms in total. The molecule has 0 aliphatic heterocycles. The molecule has 3 aromatic heterocycles. The number of anilines is 1. The van der Waals surface area contributed by atoms with Gasteiger partial charge in [-0.1, -0.05) is 12.1 Å². The van der Waals surface area contributed by atoms with Crippen molar-refractivity contribution in [2.45, 2.75) is 13.8 Å². The zero-order valence-electron chi connectivity index (χ0n) is 13.9. The molecule has 25 heavy (non-hydrogen) atoms. The highest BCUT2D eigenvalue weighted by molar-refractivity contribution is 6.08. The molecule has 0 saturated carbocycles. The monoisotopic (exact) mass is 332 g/mol. The third-order valence-electron chi connectivity index (χ3n) is 4.02. The van der Waals surface area contributed by atoms with Gasteiger partial charge in [0.15, 0.2) is 5.65 Å². The Balaban J connectivity index is 1.60. The standard InChI is InChI=1S/C19H16N4O2/c1-12-9-13(2)23-18(21-12)17(10-20-23)19(24)22-16-5-3-14(4-6-16)15-7-8-25-11-15/h3-11H,1-2H3,(H,22,24). The molecule has 0 spiro atoms.